The predicted molar refractivity (Wildman–Crippen MR) is 122 cm³/mol. The quantitative estimate of drug-likeness (QED) is 0.416. The third-order valence-electron chi connectivity index (χ3n) is 5.47. The van der Waals surface area contributed by atoms with Gasteiger partial charge in [0.15, 0.2) is 17.2 Å². The summed E-state index contributed by atoms with van der Waals surface area (Å²) in [5.41, 5.74) is 3.53. The highest BCUT2D eigenvalue weighted by Crippen LogP contribution is 2.27. The Labute approximate surface area is 186 Å². The van der Waals surface area contributed by atoms with Gasteiger partial charge in [-0.05, 0) is 37.6 Å². The summed E-state index contributed by atoms with van der Waals surface area (Å²) in [6, 6.07) is 16.3. The first-order valence-electron chi connectivity index (χ1n) is 10.6. The molecule has 0 fully saturated rings. The maximum Gasteiger partial charge on any atom is 0.255 e. The van der Waals surface area contributed by atoms with Gasteiger partial charge in [-0.3, -0.25) is 4.79 Å². The highest BCUT2D eigenvalue weighted by Gasteiger charge is 2.22. The number of hydrogen-bond donors (Lipinski definition) is 0. The first-order valence-corrected chi connectivity index (χ1v) is 10.6. The fourth-order valence-electron chi connectivity index (χ4n) is 3.74. The minimum absolute atomic E-state index is 0.149. The number of hydrogen-bond acceptors (Lipinski definition) is 4. The lowest BCUT2D eigenvalue weighted by Crippen LogP contribution is -2.30. The first-order chi connectivity index (χ1) is 15.5. The van der Waals surface area contributed by atoms with Gasteiger partial charge in [0.05, 0.1) is 30.0 Å². The van der Waals surface area contributed by atoms with Crippen molar-refractivity contribution in [2.45, 2.75) is 26.9 Å². The molecule has 6 nitrogen and oxygen atoms in total. The lowest BCUT2D eigenvalue weighted by molar-refractivity contribution is 0.0754. The number of fused-ring (bicyclic) bond motifs is 1. The molecule has 0 spiro atoms. The fraction of sp³-hybridized carbons (Fsp3) is 0.240. The van der Waals surface area contributed by atoms with Gasteiger partial charge in [0.1, 0.15) is 0 Å². The first kappa shape index (κ1) is 21.5. The van der Waals surface area contributed by atoms with E-state index in [1.807, 2.05) is 50.2 Å². The standard InChI is InChI=1S/C25H25FN4O2/c1-4-29(16-17-11-12-23(32-3)21(26)13-17)25(31)19-14-22(18-9-7-6-8-10-18)28-24-20(19)15-27-30(24)5-2/h6-15H,4-5,16H2,1-3H3. The lowest BCUT2D eigenvalue weighted by Gasteiger charge is -2.22. The van der Waals surface area contributed by atoms with Crippen LogP contribution in [0.5, 0.6) is 5.75 Å². The van der Waals surface area contributed by atoms with Gasteiger partial charge in [-0.1, -0.05) is 36.4 Å². The average molecular weight is 432 g/mol. The third-order valence-corrected chi connectivity index (χ3v) is 5.47. The van der Waals surface area contributed by atoms with E-state index in [0.717, 1.165) is 5.56 Å². The van der Waals surface area contributed by atoms with Gasteiger partial charge in [-0.2, -0.15) is 5.10 Å². The summed E-state index contributed by atoms with van der Waals surface area (Å²) in [6.07, 6.45) is 1.69. The van der Waals surface area contributed by atoms with Crippen LogP contribution in [0.3, 0.4) is 0 Å². The average Bonchev–Trinajstić information content (AvgIpc) is 3.25. The normalized spacial score (nSPS) is 11.0. The van der Waals surface area contributed by atoms with Crippen molar-refractivity contribution in [1.82, 2.24) is 19.7 Å². The Morgan fingerprint density at radius 2 is 1.91 bits per heavy atom. The van der Waals surface area contributed by atoms with E-state index in [2.05, 4.69) is 5.10 Å². The van der Waals surface area contributed by atoms with Crippen LogP contribution in [0.25, 0.3) is 22.3 Å². The van der Waals surface area contributed by atoms with Crippen LogP contribution in [0, 0.1) is 5.82 Å². The Bertz CT molecular complexity index is 1250. The highest BCUT2D eigenvalue weighted by atomic mass is 19.1. The molecule has 0 aliphatic heterocycles. The number of methoxy groups -OCH3 is 1. The number of carbonyl (C=O) groups excluding carboxylic acids is 1. The van der Waals surface area contributed by atoms with E-state index in [1.165, 1.54) is 13.2 Å². The molecule has 7 heteroatoms. The van der Waals surface area contributed by atoms with Crippen LogP contribution in [-0.4, -0.2) is 39.2 Å². The number of halogens is 1. The van der Waals surface area contributed by atoms with Crippen LogP contribution in [-0.2, 0) is 13.1 Å². The number of benzene rings is 2. The maximum atomic E-state index is 14.2. The van der Waals surface area contributed by atoms with Crippen molar-refractivity contribution in [3.63, 3.8) is 0 Å². The molecule has 0 saturated carbocycles. The van der Waals surface area contributed by atoms with Gasteiger partial charge in [0.2, 0.25) is 0 Å². The summed E-state index contributed by atoms with van der Waals surface area (Å²) in [6.45, 7) is 5.29. The molecule has 4 rings (SSSR count). The smallest absolute Gasteiger partial charge is 0.255 e. The third kappa shape index (κ3) is 4.06. The molecular weight excluding hydrogens is 407 g/mol. The Balaban J connectivity index is 1.75. The Kier molecular flexibility index (Phi) is 6.16. The van der Waals surface area contributed by atoms with Gasteiger partial charge < -0.3 is 9.64 Å². The van der Waals surface area contributed by atoms with Crippen molar-refractivity contribution in [1.29, 1.82) is 0 Å². The number of carbonyl (C=O) groups is 1. The van der Waals surface area contributed by atoms with Gasteiger partial charge in [-0.15, -0.1) is 0 Å². The summed E-state index contributed by atoms with van der Waals surface area (Å²) in [5.74, 6) is -0.419. The number of aromatic nitrogens is 3. The summed E-state index contributed by atoms with van der Waals surface area (Å²) in [5, 5.41) is 5.12. The predicted octanol–water partition coefficient (Wildman–Crippen LogP) is 4.93. The van der Waals surface area contributed by atoms with Crippen LogP contribution >= 0.6 is 0 Å². The second-order valence-electron chi connectivity index (χ2n) is 7.41. The molecule has 1 amide bonds. The SMILES string of the molecule is CCN(Cc1ccc(OC)c(F)c1)C(=O)c1cc(-c2ccccc2)nc2c1cnn2CC. The van der Waals surface area contributed by atoms with Crippen LogP contribution in [0.2, 0.25) is 0 Å². The number of amides is 1. The zero-order valence-electron chi connectivity index (χ0n) is 18.4. The molecule has 0 saturated heterocycles. The number of rotatable bonds is 7. The Hall–Kier alpha value is -3.74. The van der Waals surface area contributed by atoms with Gasteiger partial charge >= 0.3 is 0 Å². The van der Waals surface area contributed by atoms with Crippen molar-refractivity contribution in [3.05, 3.63) is 77.7 Å². The van der Waals surface area contributed by atoms with Crippen molar-refractivity contribution in [2.24, 2.45) is 0 Å². The van der Waals surface area contributed by atoms with Crippen LogP contribution in [0.1, 0.15) is 29.8 Å². The van der Waals surface area contributed by atoms with Crippen LogP contribution in [0.15, 0.2) is 60.8 Å². The molecule has 2 aromatic heterocycles. The van der Waals surface area contributed by atoms with E-state index in [0.29, 0.717) is 40.9 Å². The number of aryl methyl sites for hydroxylation is 1. The number of nitrogens with zero attached hydrogens (tertiary/aromatic N) is 4. The molecule has 0 N–H and O–H groups in total. The molecule has 164 valence electrons. The molecule has 0 aliphatic rings. The minimum Gasteiger partial charge on any atom is -0.494 e. The van der Waals surface area contributed by atoms with Gasteiger partial charge in [-0.25, -0.2) is 14.1 Å². The van der Waals surface area contributed by atoms with Crippen LogP contribution < -0.4 is 4.74 Å². The number of pyridine rings is 1. The van der Waals surface area contributed by atoms with E-state index >= 15 is 0 Å². The summed E-state index contributed by atoms with van der Waals surface area (Å²) < 4.78 is 20.9. The van der Waals surface area contributed by atoms with Gasteiger partial charge in [0, 0.05) is 25.2 Å². The topological polar surface area (TPSA) is 60.2 Å². The lowest BCUT2D eigenvalue weighted by atomic mass is 10.1. The van der Waals surface area contributed by atoms with E-state index in [9.17, 15) is 9.18 Å². The molecule has 0 unspecified atom stereocenters. The van der Waals surface area contributed by atoms with Crippen molar-refractivity contribution < 1.29 is 13.9 Å². The molecule has 0 bridgehead atoms. The molecular formula is C25H25FN4O2. The Morgan fingerprint density at radius 1 is 1.12 bits per heavy atom. The number of ether oxygens (including phenoxy) is 1. The van der Waals surface area contributed by atoms with E-state index in [4.69, 9.17) is 9.72 Å². The van der Waals surface area contributed by atoms with Gasteiger partial charge in [0.25, 0.3) is 5.91 Å². The Morgan fingerprint density at radius 3 is 2.56 bits per heavy atom. The molecule has 32 heavy (non-hydrogen) atoms. The van der Waals surface area contributed by atoms with Crippen molar-refractivity contribution in [2.75, 3.05) is 13.7 Å². The van der Waals surface area contributed by atoms with Crippen molar-refractivity contribution in [3.8, 4) is 17.0 Å². The second kappa shape index (κ2) is 9.18. The van der Waals surface area contributed by atoms with Crippen molar-refractivity contribution >= 4 is 16.9 Å². The molecule has 0 radical (unpaired) electrons. The summed E-state index contributed by atoms with van der Waals surface area (Å²) in [7, 11) is 1.43. The van der Waals surface area contributed by atoms with E-state index in [1.54, 1.807) is 27.9 Å². The summed E-state index contributed by atoms with van der Waals surface area (Å²) in [4.78, 5) is 20.1. The summed E-state index contributed by atoms with van der Waals surface area (Å²) >= 11 is 0. The monoisotopic (exact) mass is 432 g/mol. The largest absolute Gasteiger partial charge is 0.494 e. The van der Waals surface area contributed by atoms with E-state index < -0.39 is 5.82 Å². The zero-order chi connectivity index (χ0) is 22.7. The molecule has 2 aromatic carbocycles. The second-order valence-corrected chi connectivity index (χ2v) is 7.41. The highest BCUT2D eigenvalue weighted by molar-refractivity contribution is 6.06. The molecule has 4 aromatic rings. The zero-order valence-corrected chi connectivity index (χ0v) is 18.4. The molecule has 0 aliphatic carbocycles. The van der Waals surface area contributed by atoms with Crippen LogP contribution in [0.4, 0.5) is 4.39 Å². The molecule has 0 atom stereocenters. The minimum atomic E-state index is -0.449. The van der Waals surface area contributed by atoms with E-state index in [-0.39, 0.29) is 18.2 Å². The fourth-order valence-corrected chi connectivity index (χ4v) is 3.74. The maximum absolute atomic E-state index is 14.2. The molecule has 2 heterocycles.